The monoisotopic (exact) mass is 578 g/mol. The molecular formula is C30H26O12. The van der Waals surface area contributed by atoms with Gasteiger partial charge in [0.2, 0.25) is 17.5 Å². The highest BCUT2D eigenvalue weighted by molar-refractivity contribution is 5.88. The SMILES string of the molecule is O=C(/C=C/c1ccc(O)cc1)O[C@@H]1[C@@H](O)[C@H](Oc2c(-c3ccccc3)oc3cc(O)cc(O)c3c2=O)O[C@H](CO)[C@H]1O. The van der Waals surface area contributed by atoms with Crippen LogP contribution in [-0.2, 0) is 14.3 Å². The van der Waals surface area contributed by atoms with E-state index in [2.05, 4.69) is 0 Å². The summed E-state index contributed by atoms with van der Waals surface area (Å²) in [7, 11) is 0. The van der Waals surface area contributed by atoms with Crippen LogP contribution in [0.2, 0.25) is 0 Å². The summed E-state index contributed by atoms with van der Waals surface area (Å²) in [5.74, 6) is -2.50. The summed E-state index contributed by atoms with van der Waals surface area (Å²) in [5.41, 5.74) is -0.105. The van der Waals surface area contributed by atoms with Crippen LogP contribution >= 0.6 is 0 Å². The van der Waals surface area contributed by atoms with Crippen LogP contribution < -0.4 is 10.2 Å². The average molecular weight is 579 g/mol. The summed E-state index contributed by atoms with van der Waals surface area (Å²) in [6.45, 7) is -0.761. The van der Waals surface area contributed by atoms with Gasteiger partial charge in [-0.05, 0) is 23.8 Å². The molecule has 1 aliphatic rings. The molecule has 2 heterocycles. The summed E-state index contributed by atoms with van der Waals surface area (Å²) in [6.07, 6.45) is -5.92. The van der Waals surface area contributed by atoms with E-state index in [4.69, 9.17) is 18.6 Å². The lowest BCUT2D eigenvalue weighted by molar-refractivity contribution is -0.280. The van der Waals surface area contributed by atoms with Crippen molar-refractivity contribution in [2.75, 3.05) is 6.61 Å². The third kappa shape index (κ3) is 5.78. The van der Waals surface area contributed by atoms with Gasteiger partial charge in [0.05, 0.1) is 6.61 Å². The summed E-state index contributed by atoms with van der Waals surface area (Å²) < 4.78 is 22.5. The van der Waals surface area contributed by atoms with Gasteiger partial charge in [0.15, 0.2) is 18.0 Å². The first-order valence-corrected chi connectivity index (χ1v) is 12.7. The molecule has 6 N–H and O–H groups in total. The van der Waals surface area contributed by atoms with Crippen molar-refractivity contribution in [1.82, 2.24) is 0 Å². The quantitative estimate of drug-likeness (QED) is 0.138. The van der Waals surface area contributed by atoms with Gasteiger partial charge in [-0.25, -0.2) is 4.79 Å². The first kappa shape index (κ1) is 28.6. The maximum Gasteiger partial charge on any atom is 0.331 e. The Morgan fingerprint density at radius 2 is 1.64 bits per heavy atom. The first-order chi connectivity index (χ1) is 20.2. The Balaban J connectivity index is 1.48. The second kappa shape index (κ2) is 11.9. The summed E-state index contributed by atoms with van der Waals surface area (Å²) in [4.78, 5) is 26.1. The van der Waals surface area contributed by atoms with Crippen molar-refractivity contribution in [3.8, 4) is 34.3 Å². The van der Waals surface area contributed by atoms with Crippen molar-refractivity contribution < 1.29 is 54.1 Å². The molecule has 0 bridgehead atoms. The molecule has 1 aliphatic heterocycles. The Kier molecular flexibility index (Phi) is 8.13. The third-order valence-electron chi connectivity index (χ3n) is 6.57. The van der Waals surface area contributed by atoms with E-state index in [1.54, 1.807) is 42.5 Å². The molecule has 0 unspecified atom stereocenters. The minimum absolute atomic E-state index is 0.0356. The molecule has 12 heteroatoms. The minimum Gasteiger partial charge on any atom is -0.508 e. The largest absolute Gasteiger partial charge is 0.508 e. The molecular weight excluding hydrogens is 552 g/mol. The van der Waals surface area contributed by atoms with Gasteiger partial charge in [-0.2, -0.15) is 0 Å². The van der Waals surface area contributed by atoms with Gasteiger partial charge in [-0.15, -0.1) is 0 Å². The zero-order chi connectivity index (χ0) is 30.0. The molecule has 218 valence electrons. The molecule has 5 rings (SSSR count). The number of carbonyl (C=O) groups is 1. The second-order valence-corrected chi connectivity index (χ2v) is 9.44. The van der Waals surface area contributed by atoms with E-state index < -0.39 is 60.2 Å². The Morgan fingerprint density at radius 1 is 0.929 bits per heavy atom. The molecule has 0 amide bonds. The molecule has 1 fully saturated rings. The van der Waals surface area contributed by atoms with E-state index in [0.717, 1.165) is 18.2 Å². The van der Waals surface area contributed by atoms with Crippen molar-refractivity contribution in [3.05, 3.63) is 88.6 Å². The number of ether oxygens (including phenoxy) is 3. The van der Waals surface area contributed by atoms with Gasteiger partial charge in [0.25, 0.3) is 0 Å². The van der Waals surface area contributed by atoms with E-state index in [1.807, 2.05) is 0 Å². The number of hydrogen-bond acceptors (Lipinski definition) is 12. The molecule has 0 saturated carbocycles. The van der Waals surface area contributed by atoms with E-state index in [-0.39, 0.29) is 28.2 Å². The van der Waals surface area contributed by atoms with Gasteiger partial charge in [0.1, 0.15) is 40.4 Å². The van der Waals surface area contributed by atoms with Crippen LogP contribution in [0.25, 0.3) is 28.4 Å². The van der Waals surface area contributed by atoms with Gasteiger partial charge in [0, 0.05) is 23.8 Å². The molecule has 0 aliphatic carbocycles. The smallest absolute Gasteiger partial charge is 0.331 e. The Hall–Kier alpha value is -4.88. The highest BCUT2D eigenvalue weighted by atomic mass is 16.7. The average Bonchev–Trinajstić information content (AvgIpc) is 2.97. The number of fused-ring (bicyclic) bond motifs is 1. The minimum atomic E-state index is -1.86. The fraction of sp³-hybridized carbons (Fsp3) is 0.200. The Labute approximate surface area is 237 Å². The van der Waals surface area contributed by atoms with Gasteiger partial charge in [-0.3, -0.25) is 4.79 Å². The number of hydrogen-bond donors (Lipinski definition) is 6. The molecule has 5 atom stereocenters. The predicted molar refractivity (Wildman–Crippen MR) is 147 cm³/mol. The number of esters is 1. The second-order valence-electron chi connectivity index (χ2n) is 9.44. The summed E-state index contributed by atoms with van der Waals surface area (Å²) in [6, 6.07) is 16.2. The first-order valence-electron chi connectivity index (χ1n) is 12.7. The number of rotatable bonds is 7. The maximum absolute atomic E-state index is 13.6. The lowest BCUT2D eigenvalue weighted by Crippen LogP contribution is -2.61. The highest BCUT2D eigenvalue weighted by Crippen LogP contribution is 2.37. The van der Waals surface area contributed by atoms with Crippen molar-refractivity contribution in [1.29, 1.82) is 0 Å². The van der Waals surface area contributed by atoms with Crippen molar-refractivity contribution >= 4 is 23.0 Å². The van der Waals surface area contributed by atoms with E-state index >= 15 is 0 Å². The van der Waals surface area contributed by atoms with E-state index in [9.17, 15) is 40.2 Å². The van der Waals surface area contributed by atoms with Crippen molar-refractivity contribution in [2.24, 2.45) is 0 Å². The van der Waals surface area contributed by atoms with Crippen LogP contribution in [0, 0.1) is 0 Å². The summed E-state index contributed by atoms with van der Waals surface area (Å²) >= 11 is 0. The zero-order valence-corrected chi connectivity index (χ0v) is 21.7. The highest BCUT2D eigenvalue weighted by Gasteiger charge is 2.48. The molecule has 12 nitrogen and oxygen atoms in total. The number of carbonyl (C=O) groups excluding carboxylic acids is 1. The molecule has 0 radical (unpaired) electrons. The lowest BCUT2D eigenvalue weighted by Gasteiger charge is -2.41. The van der Waals surface area contributed by atoms with Crippen LogP contribution in [0.1, 0.15) is 5.56 Å². The maximum atomic E-state index is 13.6. The van der Waals surface area contributed by atoms with Gasteiger partial charge in [-0.1, -0.05) is 42.5 Å². The predicted octanol–water partition coefficient (Wildman–Crippen LogP) is 2.02. The van der Waals surface area contributed by atoms with Crippen LogP contribution in [0.4, 0.5) is 0 Å². The number of phenols is 3. The van der Waals surface area contributed by atoms with E-state index in [1.165, 1.54) is 18.2 Å². The van der Waals surface area contributed by atoms with Crippen LogP contribution in [0.15, 0.2) is 82.0 Å². The molecule has 0 spiro atoms. The number of aliphatic hydroxyl groups excluding tert-OH is 3. The number of phenolic OH excluding ortho intramolecular Hbond substituents is 3. The van der Waals surface area contributed by atoms with Gasteiger partial charge >= 0.3 is 5.97 Å². The molecule has 1 aromatic heterocycles. The van der Waals surface area contributed by atoms with Crippen LogP contribution in [0.5, 0.6) is 23.0 Å². The van der Waals surface area contributed by atoms with Crippen LogP contribution in [-0.4, -0.2) is 73.9 Å². The Bertz CT molecular complexity index is 1660. The number of aliphatic hydroxyl groups is 3. The third-order valence-corrected chi connectivity index (χ3v) is 6.57. The zero-order valence-electron chi connectivity index (χ0n) is 21.7. The Morgan fingerprint density at radius 3 is 2.33 bits per heavy atom. The lowest BCUT2D eigenvalue weighted by atomic mass is 9.99. The summed E-state index contributed by atoms with van der Waals surface area (Å²) in [5, 5.41) is 60.9. The fourth-order valence-corrected chi connectivity index (χ4v) is 4.48. The number of benzene rings is 3. The van der Waals surface area contributed by atoms with E-state index in [0.29, 0.717) is 11.1 Å². The normalized spacial score (nSPS) is 22.3. The molecule has 3 aromatic carbocycles. The molecule has 42 heavy (non-hydrogen) atoms. The molecule has 1 saturated heterocycles. The standard InChI is InChI=1S/C30H26O12/c31-14-21-24(36)28(41-22(35)11-8-15-6-9-17(32)10-7-15)26(38)30(40-21)42-29-25(37)23-19(34)12-18(33)13-20(23)39-27(29)16-4-2-1-3-5-16/h1-13,21,24,26,28,30-34,36,38H,14H2/b11-8+/t21-,24-,26-,28+,30+/m1/s1. The van der Waals surface area contributed by atoms with Crippen molar-refractivity contribution in [3.63, 3.8) is 0 Å². The van der Waals surface area contributed by atoms with Crippen LogP contribution in [0.3, 0.4) is 0 Å². The fourth-order valence-electron chi connectivity index (χ4n) is 4.48. The molecule has 4 aromatic rings. The van der Waals surface area contributed by atoms with Crippen molar-refractivity contribution in [2.45, 2.75) is 30.7 Å². The van der Waals surface area contributed by atoms with Gasteiger partial charge < -0.3 is 49.3 Å². The topological polar surface area (TPSA) is 196 Å². The number of aromatic hydroxyl groups is 3.